The second-order valence-corrected chi connectivity index (χ2v) is 3.68. The number of nitrogens with one attached hydrogen (secondary N) is 1. The van der Waals surface area contributed by atoms with Crippen LogP contribution in [0.4, 0.5) is 4.79 Å². The van der Waals surface area contributed by atoms with E-state index in [0.29, 0.717) is 13.2 Å². The largest absolute Gasteiger partial charge is 0.445 e. The van der Waals surface area contributed by atoms with Gasteiger partial charge in [0.15, 0.2) is 0 Å². The lowest BCUT2D eigenvalue weighted by atomic mass is 10.2. The molecule has 0 saturated carbocycles. The Kier molecular flexibility index (Phi) is 5.36. The van der Waals surface area contributed by atoms with E-state index >= 15 is 0 Å². The molecule has 0 aliphatic carbocycles. The van der Waals surface area contributed by atoms with Crippen molar-refractivity contribution in [2.24, 2.45) is 5.73 Å². The predicted octanol–water partition coefficient (Wildman–Crippen LogP) is 1.65. The minimum absolute atomic E-state index is 0.0493. The van der Waals surface area contributed by atoms with Gasteiger partial charge in [-0.05, 0) is 25.5 Å². The predicted molar refractivity (Wildman–Crippen MR) is 62.9 cm³/mol. The number of hydrogen-bond acceptors (Lipinski definition) is 3. The SMILES string of the molecule is CC(CCN)NC(=O)OCc1ccccc1. The molecule has 4 nitrogen and oxygen atoms in total. The van der Waals surface area contributed by atoms with Gasteiger partial charge in [-0.1, -0.05) is 30.3 Å². The Balaban J connectivity index is 2.25. The number of amides is 1. The van der Waals surface area contributed by atoms with Crippen LogP contribution in [0.1, 0.15) is 18.9 Å². The smallest absolute Gasteiger partial charge is 0.407 e. The van der Waals surface area contributed by atoms with Gasteiger partial charge in [0, 0.05) is 6.04 Å². The zero-order chi connectivity index (χ0) is 11.8. The van der Waals surface area contributed by atoms with Crippen LogP contribution in [0.15, 0.2) is 30.3 Å². The van der Waals surface area contributed by atoms with Crippen LogP contribution >= 0.6 is 0 Å². The maximum Gasteiger partial charge on any atom is 0.407 e. The first-order valence-electron chi connectivity index (χ1n) is 5.39. The van der Waals surface area contributed by atoms with Crippen LogP contribution in [-0.4, -0.2) is 18.7 Å². The van der Waals surface area contributed by atoms with Crippen LogP contribution in [0.5, 0.6) is 0 Å². The van der Waals surface area contributed by atoms with E-state index in [1.807, 2.05) is 37.3 Å². The lowest BCUT2D eigenvalue weighted by Gasteiger charge is -2.12. The second kappa shape index (κ2) is 6.85. The van der Waals surface area contributed by atoms with Crippen LogP contribution < -0.4 is 11.1 Å². The van der Waals surface area contributed by atoms with Gasteiger partial charge >= 0.3 is 6.09 Å². The Morgan fingerprint density at radius 3 is 2.75 bits per heavy atom. The fourth-order valence-electron chi connectivity index (χ4n) is 1.29. The van der Waals surface area contributed by atoms with Crippen LogP contribution in [-0.2, 0) is 11.3 Å². The zero-order valence-electron chi connectivity index (χ0n) is 9.48. The Labute approximate surface area is 95.8 Å². The molecule has 16 heavy (non-hydrogen) atoms. The molecule has 0 aliphatic heterocycles. The fourth-order valence-corrected chi connectivity index (χ4v) is 1.29. The van der Waals surface area contributed by atoms with E-state index in [0.717, 1.165) is 12.0 Å². The molecule has 1 aromatic carbocycles. The standard InChI is InChI=1S/C12H18N2O2/c1-10(7-8-13)14-12(15)16-9-11-5-3-2-4-6-11/h2-6,10H,7-9,13H2,1H3,(H,14,15). The topological polar surface area (TPSA) is 64.3 Å². The van der Waals surface area contributed by atoms with E-state index in [1.165, 1.54) is 0 Å². The molecule has 0 heterocycles. The van der Waals surface area contributed by atoms with Gasteiger partial charge < -0.3 is 15.8 Å². The highest BCUT2D eigenvalue weighted by molar-refractivity contribution is 5.67. The van der Waals surface area contributed by atoms with Crippen LogP contribution in [0.3, 0.4) is 0 Å². The number of nitrogens with two attached hydrogens (primary N) is 1. The molecule has 0 fully saturated rings. The molecule has 3 N–H and O–H groups in total. The average Bonchev–Trinajstić information content (AvgIpc) is 2.28. The van der Waals surface area contributed by atoms with Crippen LogP contribution in [0, 0.1) is 0 Å². The highest BCUT2D eigenvalue weighted by atomic mass is 16.5. The van der Waals surface area contributed by atoms with Crippen LogP contribution in [0.2, 0.25) is 0 Å². The molecule has 1 aromatic rings. The minimum atomic E-state index is -0.398. The number of carbonyl (C=O) groups excluding carboxylic acids is 1. The van der Waals surface area contributed by atoms with Crippen LogP contribution in [0.25, 0.3) is 0 Å². The zero-order valence-corrected chi connectivity index (χ0v) is 9.48. The van der Waals surface area contributed by atoms with Gasteiger partial charge in [0.05, 0.1) is 0 Å². The quantitative estimate of drug-likeness (QED) is 0.796. The van der Waals surface area contributed by atoms with Crippen molar-refractivity contribution in [2.75, 3.05) is 6.54 Å². The van der Waals surface area contributed by atoms with E-state index in [1.54, 1.807) is 0 Å². The molecule has 1 amide bonds. The van der Waals surface area contributed by atoms with E-state index in [9.17, 15) is 4.79 Å². The summed E-state index contributed by atoms with van der Waals surface area (Å²) in [6, 6.07) is 9.62. The van der Waals surface area contributed by atoms with Gasteiger partial charge in [0.2, 0.25) is 0 Å². The van der Waals surface area contributed by atoms with Gasteiger partial charge in [-0.15, -0.1) is 0 Å². The molecule has 0 saturated heterocycles. The Bertz CT molecular complexity index is 314. The Hall–Kier alpha value is -1.55. The van der Waals surface area contributed by atoms with E-state index in [-0.39, 0.29) is 6.04 Å². The summed E-state index contributed by atoms with van der Waals surface area (Å²) in [4.78, 5) is 11.3. The first-order chi connectivity index (χ1) is 7.72. The number of rotatable bonds is 5. The van der Waals surface area contributed by atoms with Crippen molar-refractivity contribution in [1.29, 1.82) is 0 Å². The van der Waals surface area contributed by atoms with Gasteiger partial charge in [-0.2, -0.15) is 0 Å². The third kappa shape index (κ3) is 4.79. The summed E-state index contributed by atoms with van der Waals surface area (Å²) < 4.78 is 5.05. The fraction of sp³-hybridized carbons (Fsp3) is 0.417. The average molecular weight is 222 g/mol. The van der Waals surface area contributed by atoms with Crippen molar-refractivity contribution in [1.82, 2.24) is 5.32 Å². The lowest BCUT2D eigenvalue weighted by molar-refractivity contribution is 0.136. The number of ether oxygens (including phenoxy) is 1. The van der Waals surface area contributed by atoms with Gasteiger partial charge in [0.1, 0.15) is 6.61 Å². The summed E-state index contributed by atoms with van der Waals surface area (Å²) in [6.07, 6.45) is 0.352. The van der Waals surface area contributed by atoms with Crippen molar-refractivity contribution in [3.63, 3.8) is 0 Å². The first kappa shape index (κ1) is 12.5. The van der Waals surface area contributed by atoms with E-state index in [2.05, 4.69) is 5.32 Å². The maximum absolute atomic E-state index is 11.3. The molecule has 4 heteroatoms. The van der Waals surface area contributed by atoms with E-state index in [4.69, 9.17) is 10.5 Å². The van der Waals surface area contributed by atoms with Gasteiger partial charge in [-0.3, -0.25) is 0 Å². The Morgan fingerprint density at radius 2 is 2.12 bits per heavy atom. The summed E-state index contributed by atoms with van der Waals surface area (Å²) in [5.41, 5.74) is 6.35. The molecule has 1 rings (SSSR count). The summed E-state index contributed by atoms with van der Waals surface area (Å²) in [5, 5.41) is 2.71. The van der Waals surface area contributed by atoms with Crippen molar-refractivity contribution < 1.29 is 9.53 Å². The van der Waals surface area contributed by atoms with Gasteiger partial charge in [0.25, 0.3) is 0 Å². The number of alkyl carbamates (subject to hydrolysis) is 1. The lowest BCUT2D eigenvalue weighted by Crippen LogP contribution is -2.34. The first-order valence-corrected chi connectivity index (χ1v) is 5.39. The highest BCUT2D eigenvalue weighted by Gasteiger charge is 2.06. The summed E-state index contributed by atoms with van der Waals surface area (Å²) >= 11 is 0. The minimum Gasteiger partial charge on any atom is -0.445 e. The monoisotopic (exact) mass is 222 g/mol. The molecule has 0 spiro atoms. The molecule has 1 unspecified atom stereocenters. The Morgan fingerprint density at radius 1 is 1.44 bits per heavy atom. The summed E-state index contributed by atoms with van der Waals surface area (Å²) in [6.45, 7) is 2.75. The molecular formula is C12H18N2O2. The normalized spacial score (nSPS) is 11.9. The molecule has 1 atom stereocenters. The third-order valence-electron chi connectivity index (χ3n) is 2.18. The molecule has 88 valence electrons. The van der Waals surface area contributed by atoms with Crippen molar-refractivity contribution in [2.45, 2.75) is 26.0 Å². The number of benzene rings is 1. The highest BCUT2D eigenvalue weighted by Crippen LogP contribution is 2.00. The maximum atomic E-state index is 11.3. The molecule has 0 radical (unpaired) electrons. The number of hydrogen-bond donors (Lipinski definition) is 2. The second-order valence-electron chi connectivity index (χ2n) is 3.68. The molecule has 0 aromatic heterocycles. The van der Waals surface area contributed by atoms with E-state index < -0.39 is 6.09 Å². The summed E-state index contributed by atoms with van der Waals surface area (Å²) in [7, 11) is 0. The molecule has 0 bridgehead atoms. The third-order valence-corrected chi connectivity index (χ3v) is 2.18. The molecular weight excluding hydrogens is 204 g/mol. The van der Waals surface area contributed by atoms with Crippen molar-refractivity contribution in [3.05, 3.63) is 35.9 Å². The van der Waals surface area contributed by atoms with Crippen molar-refractivity contribution >= 4 is 6.09 Å². The van der Waals surface area contributed by atoms with Crippen molar-refractivity contribution in [3.8, 4) is 0 Å². The van der Waals surface area contributed by atoms with Gasteiger partial charge in [-0.25, -0.2) is 4.79 Å². The summed E-state index contributed by atoms with van der Waals surface area (Å²) in [5.74, 6) is 0. The molecule has 0 aliphatic rings. The number of carbonyl (C=O) groups is 1.